The van der Waals surface area contributed by atoms with Gasteiger partial charge in [0.15, 0.2) is 0 Å². The summed E-state index contributed by atoms with van der Waals surface area (Å²) in [6.07, 6.45) is 3.58. The maximum Gasteiger partial charge on any atom is 0.314 e. The molecule has 2 amide bonds. The molecule has 130 valence electrons. The van der Waals surface area contributed by atoms with Gasteiger partial charge in [0, 0.05) is 12.6 Å². The molecule has 0 aromatic carbocycles. The number of likely N-dealkylation sites (tertiary alicyclic amines) is 1. The molecule has 1 saturated heterocycles. The molecule has 3 N–H and O–H groups in total. The normalized spacial score (nSPS) is 21.7. The van der Waals surface area contributed by atoms with E-state index >= 15 is 0 Å². The second-order valence-electron chi connectivity index (χ2n) is 6.53. The summed E-state index contributed by atoms with van der Waals surface area (Å²) in [5.74, 6) is 1.20. The highest BCUT2D eigenvalue weighted by Gasteiger charge is 2.27. The summed E-state index contributed by atoms with van der Waals surface area (Å²) in [6.45, 7) is 8.48. The second-order valence-corrected chi connectivity index (χ2v) is 6.53. The molecule has 6 heteroatoms. The van der Waals surface area contributed by atoms with Gasteiger partial charge in [0.2, 0.25) is 0 Å². The zero-order valence-electron chi connectivity index (χ0n) is 14.4. The van der Waals surface area contributed by atoms with Gasteiger partial charge >= 0.3 is 6.03 Å². The third-order valence-corrected chi connectivity index (χ3v) is 4.52. The topological polar surface area (TPSA) is 77.7 Å². The Kier molecular flexibility index (Phi) is 6.07. The molecule has 0 aliphatic carbocycles. The van der Waals surface area contributed by atoms with Gasteiger partial charge in [-0.3, -0.25) is 4.90 Å². The minimum Gasteiger partial charge on any atom is -0.463 e. The fourth-order valence-electron chi connectivity index (χ4n) is 3.04. The number of carbonyl (C=O) groups excluding carboxylic acids is 1. The summed E-state index contributed by atoms with van der Waals surface area (Å²) in [6, 6.07) is 3.69. The Labute approximate surface area is 138 Å². The first-order valence-corrected chi connectivity index (χ1v) is 8.47. The third kappa shape index (κ3) is 4.97. The maximum atomic E-state index is 12.0. The lowest BCUT2D eigenvalue weighted by Gasteiger charge is -2.35. The Morgan fingerprint density at radius 3 is 2.87 bits per heavy atom. The van der Waals surface area contributed by atoms with Crippen molar-refractivity contribution in [3.05, 3.63) is 23.7 Å². The zero-order chi connectivity index (χ0) is 16.9. The van der Waals surface area contributed by atoms with Gasteiger partial charge in [-0.2, -0.15) is 0 Å². The minimum atomic E-state index is -1.22. The molecule has 1 aliphatic heterocycles. The van der Waals surface area contributed by atoms with Crippen molar-refractivity contribution in [1.82, 2.24) is 15.5 Å². The number of piperidine rings is 1. The van der Waals surface area contributed by atoms with Crippen LogP contribution in [-0.2, 0) is 5.60 Å². The molecule has 6 nitrogen and oxygen atoms in total. The molecule has 2 rings (SSSR count). The fourth-order valence-corrected chi connectivity index (χ4v) is 3.04. The first kappa shape index (κ1) is 17.8. The van der Waals surface area contributed by atoms with Gasteiger partial charge < -0.3 is 20.2 Å². The van der Waals surface area contributed by atoms with Crippen LogP contribution in [0, 0.1) is 6.92 Å². The van der Waals surface area contributed by atoms with Crippen molar-refractivity contribution < 1.29 is 14.3 Å². The third-order valence-electron chi connectivity index (χ3n) is 4.52. The van der Waals surface area contributed by atoms with Crippen LogP contribution in [0.25, 0.3) is 0 Å². The smallest absolute Gasteiger partial charge is 0.314 e. The molecule has 1 aromatic heterocycles. The number of aliphatic hydroxyl groups is 1. The lowest BCUT2D eigenvalue weighted by Crippen LogP contribution is -2.50. The van der Waals surface area contributed by atoms with E-state index in [1.807, 2.05) is 6.92 Å². The molecule has 0 unspecified atom stereocenters. The molecule has 0 bridgehead atoms. The molecule has 0 saturated carbocycles. The number of likely N-dealkylation sites (N-methyl/N-ethyl adjacent to an activating group) is 1. The lowest BCUT2D eigenvalue weighted by molar-refractivity contribution is 0.0359. The number of furan rings is 1. The van der Waals surface area contributed by atoms with Crippen LogP contribution >= 0.6 is 0 Å². The van der Waals surface area contributed by atoms with E-state index in [4.69, 9.17) is 4.42 Å². The highest BCUT2D eigenvalue weighted by Crippen LogP contribution is 2.21. The lowest BCUT2D eigenvalue weighted by atomic mass is 10.0. The van der Waals surface area contributed by atoms with Gasteiger partial charge in [0.05, 0.1) is 6.54 Å². The average molecular weight is 323 g/mol. The maximum absolute atomic E-state index is 12.0. The molecular formula is C17H29N3O3. The van der Waals surface area contributed by atoms with E-state index in [9.17, 15) is 9.90 Å². The molecule has 23 heavy (non-hydrogen) atoms. The van der Waals surface area contributed by atoms with Gasteiger partial charge in [0.1, 0.15) is 17.1 Å². The van der Waals surface area contributed by atoms with Crippen LogP contribution in [0.2, 0.25) is 0 Å². The first-order chi connectivity index (χ1) is 10.9. The predicted octanol–water partition coefficient (Wildman–Crippen LogP) is 1.97. The number of nitrogens with one attached hydrogen (secondary N) is 2. The average Bonchev–Trinajstić information content (AvgIpc) is 2.98. The molecule has 2 atom stereocenters. The monoisotopic (exact) mass is 323 g/mol. The van der Waals surface area contributed by atoms with Gasteiger partial charge in [-0.15, -0.1) is 0 Å². The largest absolute Gasteiger partial charge is 0.463 e. The SMILES string of the molecule is CCN1CCCC[C@H]1CNC(=O)NC[C@](C)(O)c1ccc(C)o1. The Bertz CT molecular complexity index is 513. The van der Waals surface area contributed by atoms with Crippen molar-refractivity contribution in [3.63, 3.8) is 0 Å². The number of aryl methyl sites for hydroxylation is 1. The van der Waals surface area contributed by atoms with Crippen LogP contribution in [-0.4, -0.2) is 48.3 Å². The molecular weight excluding hydrogens is 294 g/mol. The minimum absolute atomic E-state index is 0.105. The van der Waals surface area contributed by atoms with E-state index in [0.29, 0.717) is 18.3 Å². The van der Waals surface area contributed by atoms with E-state index in [2.05, 4.69) is 22.5 Å². The number of hydrogen-bond acceptors (Lipinski definition) is 4. The van der Waals surface area contributed by atoms with Crippen LogP contribution in [0.5, 0.6) is 0 Å². The van der Waals surface area contributed by atoms with Crippen LogP contribution in [0.4, 0.5) is 4.79 Å². The van der Waals surface area contributed by atoms with Gasteiger partial charge in [-0.1, -0.05) is 13.3 Å². The standard InChI is InChI=1S/C17H29N3O3/c1-4-20-10-6-5-7-14(20)11-18-16(21)19-12-17(3,22)15-9-8-13(2)23-15/h8-9,14,22H,4-7,10-12H2,1-3H3,(H2,18,19,21)/t14-,17-/m0/s1. The summed E-state index contributed by atoms with van der Waals surface area (Å²) in [5.41, 5.74) is -1.22. The number of rotatable bonds is 6. The van der Waals surface area contributed by atoms with E-state index in [0.717, 1.165) is 25.3 Å². The zero-order valence-corrected chi connectivity index (χ0v) is 14.4. The van der Waals surface area contributed by atoms with E-state index in [1.54, 1.807) is 19.1 Å². The van der Waals surface area contributed by atoms with Crippen molar-refractivity contribution in [2.75, 3.05) is 26.2 Å². The van der Waals surface area contributed by atoms with Crippen molar-refractivity contribution in [3.8, 4) is 0 Å². The van der Waals surface area contributed by atoms with E-state index < -0.39 is 5.60 Å². The van der Waals surface area contributed by atoms with Crippen molar-refractivity contribution >= 4 is 6.03 Å². The quantitative estimate of drug-likeness (QED) is 0.748. The number of urea groups is 1. The summed E-state index contributed by atoms with van der Waals surface area (Å²) in [4.78, 5) is 14.4. The second kappa shape index (κ2) is 7.84. The van der Waals surface area contributed by atoms with Gasteiger partial charge in [0.25, 0.3) is 0 Å². The van der Waals surface area contributed by atoms with Crippen LogP contribution in [0.1, 0.15) is 44.6 Å². The Morgan fingerprint density at radius 2 is 2.22 bits per heavy atom. The highest BCUT2D eigenvalue weighted by molar-refractivity contribution is 5.73. The Hall–Kier alpha value is -1.53. The van der Waals surface area contributed by atoms with Crippen molar-refractivity contribution in [1.29, 1.82) is 0 Å². The number of nitrogens with zero attached hydrogens (tertiary/aromatic N) is 1. The van der Waals surface area contributed by atoms with Gasteiger partial charge in [-0.25, -0.2) is 4.79 Å². The summed E-state index contributed by atoms with van der Waals surface area (Å²) in [7, 11) is 0. The number of carbonyl (C=O) groups is 1. The van der Waals surface area contributed by atoms with Crippen LogP contribution in [0.15, 0.2) is 16.5 Å². The number of amides is 2. The highest BCUT2D eigenvalue weighted by atomic mass is 16.4. The summed E-state index contributed by atoms with van der Waals surface area (Å²) in [5, 5.41) is 16.0. The van der Waals surface area contributed by atoms with Crippen LogP contribution in [0.3, 0.4) is 0 Å². The van der Waals surface area contributed by atoms with Crippen LogP contribution < -0.4 is 10.6 Å². The fraction of sp³-hybridized carbons (Fsp3) is 0.706. The molecule has 1 fully saturated rings. The first-order valence-electron chi connectivity index (χ1n) is 8.47. The van der Waals surface area contributed by atoms with Crippen molar-refractivity contribution in [2.45, 2.75) is 51.7 Å². The molecule has 2 heterocycles. The van der Waals surface area contributed by atoms with E-state index in [-0.39, 0.29) is 12.6 Å². The predicted molar refractivity (Wildman–Crippen MR) is 89.3 cm³/mol. The molecule has 1 aliphatic rings. The molecule has 1 aromatic rings. The molecule has 0 radical (unpaired) electrons. The molecule has 0 spiro atoms. The van der Waals surface area contributed by atoms with Crippen molar-refractivity contribution in [2.24, 2.45) is 0 Å². The summed E-state index contributed by atoms with van der Waals surface area (Å²) < 4.78 is 5.44. The van der Waals surface area contributed by atoms with Gasteiger partial charge in [-0.05, 0) is 51.9 Å². The number of hydrogen-bond donors (Lipinski definition) is 3. The summed E-state index contributed by atoms with van der Waals surface area (Å²) >= 11 is 0. The van der Waals surface area contributed by atoms with E-state index in [1.165, 1.54) is 12.8 Å². The Morgan fingerprint density at radius 1 is 1.43 bits per heavy atom. The Balaban J connectivity index is 1.76.